The Bertz CT molecular complexity index is 546. The molecule has 0 radical (unpaired) electrons. The molecule has 0 aliphatic heterocycles. The summed E-state index contributed by atoms with van der Waals surface area (Å²) in [7, 11) is 0. The molecule has 3 heteroatoms. The van der Waals surface area contributed by atoms with Crippen molar-refractivity contribution in [1.29, 1.82) is 0 Å². The number of fused-ring (bicyclic) bond motifs is 1. The second-order valence-corrected chi connectivity index (χ2v) is 3.85. The summed E-state index contributed by atoms with van der Waals surface area (Å²) < 4.78 is 5.60. The molecule has 1 N–H and O–H groups in total. The third-order valence-corrected chi connectivity index (χ3v) is 2.53. The fraction of sp³-hybridized carbons (Fsp3) is 0.214. The van der Waals surface area contributed by atoms with E-state index in [4.69, 9.17) is 9.84 Å². The van der Waals surface area contributed by atoms with Crippen LogP contribution in [0.15, 0.2) is 36.4 Å². The first-order valence-corrected chi connectivity index (χ1v) is 5.61. The average molecular weight is 230 g/mol. The van der Waals surface area contributed by atoms with Crippen molar-refractivity contribution in [3.8, 4) is 5.75 Å². The van der Waals surface area contributed by atoms with Gasteiger partial charge in [0.2, 0.25) is 0 Å². The Balaban J connectivity index is 2.56. The number of benzene rings is 2. The van der Waals surface area contributed by atoms with Crippen molar-refractivity contribution >= 4 is 16.7 Å². The fourth-order valence-electron chi connectivity index (χ4n) is 1.73. The quantitative estimate of drug-likeness (QED) is 0.876. The highest BCUT2D eigenvalue weighted by Gasteiger charge is 2.09. The Kier molecular flexibility index (Phi) is 3.28. The first kappa shape index (κ1) is 11.5. The highest BCUT2D eigenvalue weighted by atomic mass is 16.5. The minimum atomic E-state index is -0.933. The Morgan fingerprint density at radius 3 is 2.76 bits per heavy atom. The van der Waals surface area contributed by atoms with E-state index in [0.717, 1.165) is 17.2 Å². The molecule has 0 fully saturated rings. The van der Waals surface area contributed by atoms with Gasteiger partial charge in [-0.15, -0.1) is 0 Å². The van der Waals surface area contributed by atoms with Crippen molar-refractivity contribution in [2.24, 2.45) is 0 Å². The largest absolute Gasteiger partial charge is 0.493 e. The molecule has 88 valence electrons. The van der Waals surface area contributed by atoms with Gasteiger partial charge in [-0.3, -0.25) is 0 Å². The molecule has 0 heterocycles. The van der Waals surface area contributed by atoms with Crippen LogP contribution < -0.4 is 4.74 Å². The minimum absolute atomic E-state index is 0.259. The monoisotopic (exact) mass is 230 g/mol. The number of rotatable bonds is 4. The van der Waals surface area contributed by atoms with Gasteiger partial charge in [0.25, 0.3) is 0 Å². The molecule has 0 aliphatic carbocycles. The lowest BCUT2D eigenvalue weighted by molar-refractivity contribution is 0.0696. The predicted molar refractivity (Wildman–Crippen MR) is 66.7 cm³/mol. The van der Waals surface area contributed by atoms with E-state index >= 15 is 0 Å². The van der Waals surface area contributed by atoms with Crippen LogP contribution in [0, 0.1) is 0 Å². The van der Waals surface area contributed by atoms with Gasteiger partial charge in [0.1, 0.15) is 5.75 Å². The molecule has 17 heavy (non-hydrogen) atoms. The van der Waals surface area contributed by atoms with Gasteiger partial charge in [-0.1, -0.05) is 31.2 Å². The predicted octanol–water partition coefficient (Wildman–Crippen LogP) is 3.33. The Morgan fingerprint density at radius 1 is 1.29 bits per heavy atom. The fourth-order valence-corrected chi connectivity index (χ4v) is 1.73. The maximum Gasteiger partial charge on any atom is 0.335 e. The van der Waals surface area contributed by atoms with Gasteiger partial charge in [0.05, 0.1) is 12.2 Å². The van der Waals surface area contributed by atoms with Crippen LogP contribution in [-0.2, 0) is 0 Å². The summed E-state index contributed by atoms with van der Waals surface area (Å²) in [5, 5.41) is 10.9. The van der Waals surface area contributed by atoms with E-state index in [9.17, 15) is 4.79 Å². The van der Waals surface area contributed by atoms with Gasteiger partial charge in [-0.25, -0.2) is 4.79 Å². The first-order chi connectivity index (χ1) is 8.22. The standard InChI is InChI=1S/C14H14O3/c1-2-7-17-13-9-11(14(15)16)8-10-5-3-4-6-12(10)13/h3-6,8-9H,2,7H2,1H3,(H,15,16). The number of hydrogen-bond donors (Lipinski definition) is 1. The number of ether oxygens (including phenoxy) is 1. The molecule has 3 nitrogen and oxygen atoms in total. The third kappa shape index (κ3) is 2.38. The van der Waals surface area contributed by atoms with Crippen LogP contribution in [0.3, 0.4) is 0 Å². The lowest BCUT2D eigenvalue weighted by Crippen LogP contribution is -2.00. The zero-order chi connectivity index (χ0) is 12.3. The molecule has 0 unspecified atom stereocenters. The molecule has 2 aromatic carbocycles. The van der Waals surface area contributed by atoms with Crippen LogP contribution in [-0.4, -0.2) is 17.7 Å². The molecular weight excluding hydrogens is 216 g/mol. The maximum absolute atomic E-state index is 11.0. The van der Waals surface area contributed by atoms with Crippen LogP contribution in [0.25, 0.3) is 10.8 Å². The Hall–Kier alpha value is -2.03. The Morgan fingerprint density at radius 2 is 2.06 bits per heavy atom. The average Bonchev–Trinajstić information content (AvgIpc) is 2.35. The summed E-state index contributed by atoms with van der Waals surface area (Å²) in [6, 6.07) is 10.9. The minimum Gasteiger partial charge on any atom is -0.493 e. The number of carbonyl (C=O) groups is 1. The summed E-state index contributed by atoms with van der Waals surface area (Å²) in [5.41, 5.74) is 0.259. The summed E-state index contributed by atoms with van der Waals surface area (Å²) in [5.74, 6) is -0.292. The van der Waals surface area contributed by atoms with Crippen LogP contribution in [0.2, 0.25) is 0 Å². The van der Waals surface area contributed by atoms with Gasteiger partial charge in [0, 0.05) is 5.39 Å². The number of carboxylic acid groups (broad SMARTS) is 1. The number of aromatic carboxylic acids is 1. The highest BCUT2D eigenvalue weighted by molar-refractivity contribution is 5.97. The van der Waals surface area contributed by atoms with Crippen molar-refractivity contribution in [2.75, 3.05) is 6.61 Å². The molecule has 0 spiro atoms. The smallest absolute Gasteiger partial charge is 0.335 e. The molecule has 0 aliphatic rings. The topological polar surface area (TPSA) is 46.5 Å². The molecular formula is C14H14O3. The first-order valence-electron chi connectivity index (χ1n) is 5.61. The molecule has 0 amide bonds. The van der Waals surface area contributed by atoms with Crippen LogP contribution in [0.1, 0.15) is 23.7 Å². The van der Waals surface area contributed by atoms with Crippen molar-refractivity contribution < 1.29 is 14.6 Å². The third-order valence-electron chi connectivity index (χ3n) is 2.53. The lowest BCUT2D eigenvalue weighted by Gasteiger charge is -2.09. The van der Waals surface area contributed by atoms with E-state index in [2.05, 4.69) is 0 Å². The van der Waals surface area contributed by atoms with E-state index in [1.807, 2.05) is 31.2 Å². The van der Waals surface area contributed by atoms with Crippen molar-refractivity contribution in [3.05, 3.63) is 42.0 Å². The van der Waals surface area contributed by atoms with Gasteiger partial charge in [0.15, 0.2) is 0 Å². The van der Waals surface area contributed by atoms with E-state index in [1.54, 1.807) is 12.1 Å². The van der Waals surface area contributed by atoms with Crippen molar-refractivity contribution in [2.45, 2.75) is 13.3 Å². The molecule has 0 atom stereocenters. The van der Waals surface area contributed by atoms with E-state index in [-0.39, 0.29) is 5.56 Å². The zero-order valence-electron chi connectivity index (χ0n) is 9.64. The van der Waals surface area contributed by atoms with Gasteiger partial charge < -0.3 is 9.84 Å². The number of carboxylic acids is 1. The van der Waals surface area contributed by atoms with Gasteiger partial charge >= 0.3 is 5.97 Å². The van der Waals surface area contributed by atoms with Crippen LogP contribution in [0.4, 0.5) is 0 Å². The second kappa shape index (κ2) is 4.87. The van der Waals surface area contributed by atoms with Crippen molar-refractivity contribution in [1.82, 2.24) is 0 Å². The van der Waals surface area contributed by atoms with E-state index < -0.39 is 5.97 Å². The molecule has 2 rings (SSSR count). The molecule has 0 bridgehead atoms. The lowest BCUT2D eigenvalue weighted by atomic mass is 10.1. The second-order valence-electron chi connectivity index (χ2n) is 3.85. The SMILES string of the molecule is CCCOc1cc(C(=O)O)cc2ccccc12. The zero-order valence-corrected chi connectivity index (χ0v) is 9.64. The van der Waals surface area contributed by atoms with Crippen LogP contribution in [0.5, 0.6) is 5.75 Å². The molecule has 2 aromatic rings. The summed E-state index contributed by atoms with van der Waals surface area (Å²) in [6.45, 7) is 2.61. The maximum atomic E-state index is 11.0. The Labute approximate surface area is 99.6 Å². The molecule has 0 saturated carbocycles. The van der Waals surface area contributed by atoms with Crippen molar-refractivity contribution in [3.63, 3.8) is 0 Å². The number of hydrogen-bond acceptors (Lipinski definition) is 2. The highest BCUT2D eigenvalue weighted by Crippen LogP contribution is 2.27. The van der Waals surface area contributed by atoms with Gasteiger partial charge in [-0.2, -0.15) is 0 Å². The normalized spacial score (nSPS) is 10.4. The summed E-state index contributed by atoms with van der Waals surface area (Å²) in [4.78, 5) is 11.0. The van der Waals surface area contributed by atoms with E-state index in [0.29, 0.717) is 12.4 Å². The summed E-state index contributed by atoms with van der Waals surface area (Å²) >= 11 is 0. The van der Waals surface area contributed by atoms with E-state index in [1.165, 1.54) is 0 Å². The van der Waals surface area contributed by atoms with Gasteiger partial charge in [-0.05, 0) is 23.9 Å². The van der Waals surface area contributed by atoms with Crippen LogP contribution >= 0.6 is 0 Å². The molecule has 0 aromatic heterocycles. The summed E-state index contributed by atoms with van der Waals surface area (Å²) in [6.07, 6.45) is 0.894. The molecule has 0 saturated heterocycles.